The van der Waals surface area contributed by atoms with E-state index in [2.05, 4.69) is 6.58 Å². The molecule has 1 aliphatic rings. The van der Waals surface area contributed by atoms with Crippen LogP contribution in [0.5, 0.6) is 0 Å². The highest BCUT2D eigenvalue weighted by Crippen LogP contribution is 2.22. The number of hydrogen-bond acceptors (Lipinski definition) is 1. The van der Waals surface area contributed by atoms with Gasteiger partial charge in [0, 0.05) is 12.0 Å². The van der Waals surface area contributed by atoms with E-state index in [0.29, 0.717) is 6.42 Å². The van der Waals surface area contributed by atoms with Gasteiger partial charge in [0.15, 0.2) is 5.78 Å². The molecule has 1 rings (SSSR count). The number of ketones is 1. The van der Waals surface area contributed by atoms with Crippen LogP contribution in [0.15, 0.2) is 36.0 Å². The van der Waals surface area contributed by atoms with Gasteiger partial charge in [0.05, 0.1) is 0 Å². The van der Waals surface area contributed by atoms with E-state index in [1.807, 2.05) is 19.1 Å². The molecule has 1 aliphatic carbocycles. The van der Waals surface area contributed by atoms with Crippen LogP contribution in [0.25, 0.3) is 0 Å². The smallest absolute Gasteiger partial charge is 0.162 e. The molecule has 64 valence electrons. The highest BCUT2D eigenvalue weighted by molar-refractivity contribution is 5.99. The minimum Gasteiger partial charge on any atom is -0.294 e. The fourth-order valence-corrected chi connectivity index (χ4v) is 1.42. The summed E-state index contributed by atoms with van der Waals surface area (Å²) in [5, 5.41) is 0. The molecule has 0 fully saturated rings. The lowest BCUT2D eigenvalue weighted by Crippen LogP contribution is -2.08. The Balaban J connectivity index is 2.88. The molecule has 0 aromatic heterocycles. The van der Waals surface area contributed by atoms with E-state index in [-0.39, 0.29) is 5.78 Å². The fourth-order valence-electron chi connectivity index (χ4n) is 1.42. The highest BCUT2D eigenvalue weighted by Gasteiger charge is 2.14. The van der Waals surface area contributed by atoms with Gasteiger partial charge < -0.3 is 0 Å². The number of hydrogen-bond donors (Lipinski definition) is 0. The summed E-state index contributed by atoms with van der Waals surface area (Å²) >= 11 is 0. The Labute approximate surface area is 73.5 Å². The third-order valence-corrected chi connectivity index (χ3v) is 2.11. The van der Waals surface area contributed by atoms with Crippen LogP contribution in [-0.2, 0) is 4.79 Å². The molecule has 0 aliphatic heterocycles. The van der Waals surface area contributed by atoms with Crippen molar-refractivity contribution in [1.29, 1.82) is 0 Å². The topological polar surface area (TPSA) is 17.1 Å². The molecule has 0 bridgehead atoms. The third kappa shape index (κ3) is 1.94. The lowest BCUT2D eigenvalue weighted by molar-refractivity contribution is -0.115. The van der Waals surface area contributed by atoms with Crippen LogP contribution in [-0.4, -0.2) is 5.78 Å². The Bertz CT molecular complexity index is 256. The first kappa shape index (κ1) is 8.98. The minimum atomic E-state index is 0.275. The Morgan fingerprint density at radius 3 is 2.75 bits per heavy atom. The Kier molecular flexibility index (Phi) is 3.03. The van der Waals surface area contributed by atoms with E-state index in [0.717, 1.165) is 18.4 Å². The highest BCUT2D eigenvalue weighted by atomic mass is 16.1. The molecule has 0 saturated heterocycles. The van der Waals surface area contributed by atoms with E-state index in [1.165, 1.54) is 5.57 Å². The van der Waals surface area contributed by atoms with Gasteiger partial charge in [-0.2, -0.15) is 0 Å². The van der Waals surface area contributed by atoms with Crippen LogP contribution >= 0.6 is 0 Å². The summed E-state index contributed by atoms with van der Waals surface area (Å²) in [4.78, 5) is 11.4. The van der Waals surface area contributed by atoms with Crippen LogP contribution in [0.4, 0.5) is 0 Å². The van der Waals surface area contributed by atoms with Gasteiger partial charge in [0.25, 0.3) is 0 Å². The van der Waals surface area contributed by atoms with E-state index in [4.69, 9.17) is 0 Å². The molecular formula is C11H14O. The predicted molar refractivity (Wildman–Crippen MR) is 50.9 cm³/mol. The molecule has 0 aromatic rings. The largest absolute Gasteiger partial charge is 0.294 e. The second-order valence-electron chi connectivity index (χ2n) is 3.07. The number of carbonyl (C=O) groups is 1. The predicted octanol–water partition coefficient (Wildman–Crippen LogP) is 2.80. The summed E-state index contributed by atoms with van der Waals surface area (Å²) in [5.41, 5.74) is 2.10. The first-order valence-electron chi connectivity index (χ1n) is 4.27. The molecule has 0 heterocycles. The van der Waals surface area contributed by atoms with Gasteiger partial charge in [-0.1, -0.05) is 30.4 Å². The Hall–Kier alpha value is -1.11. The molecule has 0 amide bonds. The zero-order valence-corrected chi connectivity index (χ0v) is 7.47. The standard InChI is InChI=1S/C11H14O/c1-3-4-7-10-9(2)6-5-8-11(10)12/h3-4,7H,1,5-6,8H2,2H3/b7-4-. The van der Waals surface area contributed by atoms with Crippen molar-refractivity contribution in [1.82, 2.24) is 0 Å². The van der Waals surface area contributed by atoms with Gasteiger partial charge in [0.1, 0.15) is 0 Å². The van der Waals surface area contributed by atoms with Crippen molar-refractivity contribution in [3.8, 4) is 0 Å². The Morgan fingerprint density at radius 1 is 1.42 bits per heavy atom. The van der Waals surface area contributed by atoms with Gasteiger partial charge in [-0.3, -0.25) is 4.79 Å². The molecule has 12 heavy (non-hydrogen) atoms. The van der Waals surface area contributed by atoms with Gasteiger partial charge in [-0.15, -0.1) is 0 Å². The average Bonchev–Trinajstić information content (AvgIpc) is 2.04. The lowest BCUT2D eigenvalue weighted by atomic mass is 9.91. The van der Waals surface area contributed by atoms with E-state index in [1.54, 1.807) is 6.08 Å². The van der Waals surface area contributed by atoms with Crippen molar-refractivity contribution < 1.29 is 4.79 Å². The summed E-state index contributed by atoms with van der Waals surface area (Å²) in [7, 11) is 0. The van der Waals surface area contributed by atoms with Crippen LogP contribution in [0.1, 0.15) is 26.2 Å². The van der Waals surface area contributed by atoms with Crippen LogP contribution in [0.2, 0.25) is 0 Å². The molecule has 0 unspecified atom stereocenters. The number of rotatable bonds is 2. The number of allylic oxidation sites excluding steroid dienone is 5. The monoisotopic (exact) mass is 162 g/mol. The van der Waals surface area contributed by atoms with Gasteiger partial charge in [0.2, 0.25) is 0 Å². The number of carbonyl (C=O) groups excluding carboxylic acids is 1. The van der Waals surface area contributed by atoms with Crippen molar-refractivity contribution in [2.75, 3.05) is 0 Å². The van der Waals surface area contributed by atoms with E-state index < -0.39 is 0 Å². The van der Waals surface area contributed by atoms with Gasteiger partial charge in [-0.05, 0) is 19.8 Å². The molecule has 0 atom stereocenters. The maximum Gasteiger partial charge on any atom is 0.162 e. The Morgan fingerprint density at radius 2 is 2.17 bits per heavy atom. The quantitative estimate of drug-likeness (QED) is 0.570. The first-order valence-corrected chi connectivity index (χ1v) is 4.27. The van der Waals surface area contributed by atoms with Crippen LogP contribution in [0, 0.1) is 0 Å². The summed E-state index contributed by atoms with van der Waals surface area (Å²) in [6, 6.07) is 0. The second kappa shape index (κ2) is 4.05. The average molecular weight is 162 g/mol. The molecule has 0 aromatic carbocycles. The fraction of sp³-hybridized carbons (Fsp3) is 0.364. The lowest BCUT2D eigenvalue weighted by Gasteiger charge is -2.12. The van der Waals surface area contributed by atoms with Crippen LogP contribution in [0.3, 0.4) is 0 Å². The molecular weight excluding hydrogens is 148 g/mol. The van der Waals surface area contributed by atoms with Gasteiger partial charge >= 0.3 is 0 Å². The molecule has 0 saturated carbocycles. The van der Waals surface area contributed by atoms with Crippen molar-refractivity contribution in [3.05, 3.63) is 36.0 Å². The maximum atomic E-state index is 11.4. The SMILES string of the molecule is C=C/C=C\C1=C(C)CCCC1=O. The third-order valence-electron chi connectivity index (χ3n) is 2.11. The van der Waals surface area contributed by atoms with Crippen molar-refractivity contribution in [3.63, 3.8) is 0 Å². The van der Waals surface area contributed by atoms with Crippen molar-refractivity contribution in [2.45, 2.75) is 26.2 Å². The summed E-state index contributed by atoms with van der Waals surface area (Å²) in [5.74, 6) is 0.275. The van der Waals surface area contributed by atoms with Gasteiger partial charge in [-0.25, -0.2) is 0 Å². The van der Waals surface area contributed by atoms with Crippen LogP contribution < -0.4 is 0 Å². The first-order chi connectivity index (χ1) is 5.75. The maximum absolute atomic E-state index is 11.4. The van der Waals surface area contributed by atoms with E-state index >= 15 is 0 Å². The summed E-state index contributed by atoms with van der Waals surface area (Å²) < 4.78 is 0. The molecule has 1 heteroatoms. The molecule has 0 N–H and O–H groups in total. The zero-order chi connectivity index (χ0) is 8.97. The second-order valence-corrected chi connectivity index (χ2v) is 3.07. The van der Waals surface area contributed by atoms with Crippen molar-refractivity contribution in [2.24, 2.45) is 0 Å². The molecule has 1 nitrogen and oxygen atoms in total. The number of Topliss-reactive ketones (excluding diaryl/α,β-unsaturated/α-hetero) is 1. The minimum absolute atomic E-state index is 0.275. The summed E-state index contributed by atoms with van der Waals surface area (Å²) in [6.07, 6.45) is 8.15. The zero-order valence-electron chi connectivity index (χ0n) is 7.47. The van der Waals surface area contributed by atoms with Crippen molar-refractivity contribution >= 4 is 5.78 Å². The normalized spacial score (nSPS) is 18.9. The summed E-state index contributed by atoms with van der Waals surface area (Å²) in [6.45, 7) is 5.60. The molecule has 0 spiro atoms. The molecule has 0 radical (unpaired) electrons. The van der Waals surface area contributed by atoms with E-state index in [9.17, 15) is 4.79 Å².